The van der Waals surface area contributed by atoms with Crippen molar-refractivity contribution in [2.75, 3.05) is 14.2 Å². The SMILES string of the molecule is CO[C@H](C)c1nc(CN(C)C(=O)c2cnc(C)cn2)cs1. The molecular weight excluding hydrogens is 288 g/mol. The second-order valence-electron chi connectivity index (χ2n) is 4.76. The van der Waals surface area contributed by atoms with Crippen LogP contribution >= 0.6 is 11.3 Å². The smallest absolute Gasteiger partial charge is 0.274 e. The molecule has 21 heavy (non-hydrogen) atoms. The zero-order chi connectivity index (χ0) is 15.4. The molecule has 2 aromatic rings. The summed E-state index contributed by atoms with van der Waals surface area (Å²) in [4.78, 5) is 26.5. The van der Waals surface area contributed by atoms with Gasteiger partial charge < -0.3 is 9.64 Å². The molecule has 2 rings (SSSR count). The minimum atomic E-state index is -0.170. The number of carbonyl (C=O) groups excluding carboxylic acids is 1. The van der Waals surface area contributed by atoms with Crippen molar-refractivity contribution in [1.82, 2.24) is 19.9 Å². The third-order valence-corrected chi connectivity index (χ3v) is 4.07. The van der Waals surface area contributed by atoms with Crippen LogP contribution in [-0.4, -0.2) is 39.9 Å². The highest BCUT2D eigenvalue weighted by Crippen LogP contribution is 2.21. The van der Waals surface area contributed by atoms with Gasteiger partial charge in [-0.25, -0.2) is 9.97 Å². The molecule has 0 aliphatic carbocycles. The fraction of sp³-hybridized carbons (Fsp3) is 0.429. The number of hydrogen-bond donors (Lipinski definition) is 0. The largest absolute Gasteiger partial charge is 0.375 e. The highest BCUT2D eigenvalue weighted by atomic mass is 32.1. The summed E-state index contributed by atoms with van der Waals surface area (Å²) >= 11 is 1.53. The van der Waals surface area contributed by atoms with Crippen molar-refractivity contribution in [3.05, 3.63) is 39.9 Å². The molecule has 2 heterocycles. The van der Waals surface area contributed by atoms with E-state index in [-0.39, 0.29) is 12.0 Å². The van der Waals surface area contributed by atoms with Crippen LogP contribution in [0.3, 0.4) is 0 Å². The highest BCUT2D eigenvalue weighted by Gasteiger charge is 2.16. The number of aryl methyl sites for hydroxylation is 1. The van der Waals surface area contributed by atoms with Crippen molar-refractivity contribution < 1.29 is 9.53 Å². The Morgan fingerprint density at radius 2 is 2.19 bits per heavy atom. The Morgan fingerprint density at radius 1 is 1.43 bits per heavy atom. The van der Waals surface area contributed by atoms with E-state index in [1.54, 1.807) is 25.3 Å². The number of ether oxygens (including phenoxy) is 1. The van der Waals surface area contributed by atoms with Crippen LogP contribution in [0, 0.1) is 6.92 Å². The predicted molar refractivity (Wildman–Crippen MR) is 80.1 cm³/mol. The zero-order valence-corrected chi connectivity index (χ0v) is 13.3. The quantitative estimate of drug-likeness (QED) is 0.847. The number of rotatable bonds is 5. The molecule has 0 spiro atoms. The van der Waals surface area contributed by atoms with Crippen molar-refractivity contribution in [3.8, 4) is 0 Å². The molecule has 0 bridgehead atoms. The van der Waals surface area contributed by atoms with Gasteiger partial charge >= 0.3 is 0 Å². The number of amides is 1. The topological polar surface area (TPSA) is 68.2 Å². The van der Waals surface area contributed by atoms with Crippen molar-refractivity contribution >= 4 is 17.2 Å². The molecular formula is C14H18N4O2S. The average Bonchev–Trinajstić information content (AvgIpc) is 2.95. The number of aromatic nitrogens is 3. The average molecular weight is 306 g/mol. The number of carbonyl (C=O) groups is 1. The third-order valence-electron chi connectivity index (χ3n) is 3.02. The molecule has 2 aromatic heterocycles. The normalized spacial score (nSPS) is 12.2. The molecule has 7 heteroatoms. The van der Waals surface area contributed by atoms with Gasteiger partial charge in [0.2, 0.25) is 0 Å². The number of hydrogen-bond acceptors (Lipinski definition) is 6. The monoisotopic (exact) mass is 306 g/mol. The standard InChI is InChI=1S/C14H18N4O2S/c1-9-5-16-12(6-15-9)14(19)18(3)7-11-8-21-13(17-11)10(2)20-4/h5-6,8,10H,7H2,1-4H3/t10-/m1/s1. The molecule has 0 aromatic carbocycles. The molecule has 0 aliphatic rings. The van der Waals surface area contributed by atoms with Gasteiger partial charge in [0.15, 0.2) is 0 Å². The first kappa shape index (κ1) is 15.5. The summed E-state index contributed by atoms with van der Waals surface area (Å²) in [5.74, 6) is -0.170. The van der Waals surface area contributed by atoms with E-state index in [4.69, 9.17) is 4.74 Å². The van der Waals surface area contributed by atoms with Crippen LogP contribution in [-0.2, 0) is 11.3 Å². The van der Waals surface area contributed by atoms with Crippen molar-refractivity contribution in [3.63, 3.8) is 0 Å². The first-order chi connectivity index (χ1) is 10.0. The summed E-state index contributed by atoms with van der Waals surface area (Å²) < 4.78 is 5.23. The van der Waals surface area contributed by atoms with Gasteiger partial charge in [0, 0.05) is 25.7 Å². The van der Waals surface area contributed by atoms with E-state index in [9.17, 15) is 4.79 Å². The molecule has 0 saturated heterocycles. The Morgan fingerprint density at radius 3 is 2.81 bits per heavy atom. The van der Waals surface area contributed by atoms with Gasteiger partial charge in [0.25, 0.3) is 5.91 Å². The lowest BCUT2D eigenvalue weighted by atomic mass is 10.3. The summed E-state index contributed by atoms with van der Waals surface area (Å²) in [5, 5.41) is 2.85. The fourth-order valence-electron chi connectivity index (χ4n) is 1.70. The van der Waals surface area contributed by atoms with Crippen LogP contribution in [0.15, 0.2) is 17.8 Å². The van der Waals surface area contributed by atoms with Crippen molar-refractivity contribution in [2.24, 2.45) is 0 Å². The first-order valence-corrected chi connectivity index (χ1v) is 7.40. The Kier molecular flexibility index (Phi) is 4.98. The molecule has 0 fully saturated rings. The second-order valence-corrected chi connectivity index (χ2v) is 5.65. The Balaban J connectivity index is 2.03. The maximum atomic E-state index is 12.2. The minimum absolute atomic E-state index is 0.0345. The number of thiazole rings is 1. The summed E-state index contributed by atoms with van der Waals surface area (Å²) in [6.07, 6.45) is 3.04. The molecule has 0 aliphatic heterocycles. The van der Waals surface area contributed by atoms with E-state index in [2.05, 4.69) is 15.0 Å². The van der Waals surface area contributed by atoms with E-state index in [1.807, 2.05) is 19.2 Å². The van der Waals surface area contributed by atoms with E-state index in [0.29, 0.717) is 12.2 Å². The van der Waals surface area contributed by atoms with Gasteiger partial charge in [0.05, 0.1) is 24.1 Å². The predicted octanol–water partition coefficient (Wildman–Crippen LogP) is 2.22. The molecule has 0 N–H and O–H groups in total. The van der Waals surface area contributed by atoms with Crippen LogP contribution < -0.4 is 0 Å². The second kappa shape index (κ2) is 6.73. The fourth-order valence-corrected chi connectivity index (χ4v) is 2.54. The Labute approximate surface area is 127 Å². The van der Waals surface area contributed by atoms with Gasteiger partial charge in [-0.3, -0.25) is 9.78 Å². The molecule has 0 unspecified atom stereocenters. The maximum Gasteiger partial charge on any atom is 0.274 e. The number of methoxy groups -OCH3 is 1. The van der Waals surface area contributed by atoms with E-state index in [0.717, 1.165) is 16.4 Å². The summed E-state index contributed by atoms with van der Waals surface area (Å²) in [5.41, 5.74) is 1.96. The number of nitrogens with zero attached hydrogens (tertiary/aromatic N) is 4. The zero-order valence-electron chi connectivity index (χ0n) is 12.5. The molecule has 6 nitrogen and oxygen atoms in total. The van der Waals surface area contributed by atoms with E-state index in [1.165, 1.54) is 17.5 Å². The lowest BCUT2D eigenvalue weighted by Gasteiger charge is -2.15. The van der Waals surface area contributed by atoms with Crippen LogP contribution in [0.4, 0.5) is 0 Å². The molecule has 1 atom stereocenters. The van der Waals surface area contributed by atoms with Crippen LogP contribution in [0.2, 0.25) is 0 Å². The van der Waals surface area contributed by atoms with E-state index >= 15 is 0 Å². The van der Waals surface area contributed by atoms with Gasteiger partial charge in [-0.2, -0.15) is 0 Å². The highest BCUT2D eigenvalue weighted by molar-refractivity contribution is 7.09. The Hall–Kier alpha value is -1.86. The van der Waals surface area contributed by atoms with Crippen molar-refractivity contribution in [1.29, 1.82) is 0 Å². The maximum absolute atomic E-state index is 12.2. The lowest BCUT2D eigenvalue weighted by molar-refractivity contribution is 0.0777. The minimum Gasteiger partial charge on any atom is -0.375 e. The van der Waals surface area contributed by atoms with Gasteiger partial charge in [0.1, 0.15) is 16.8 Å². The molecule has 0 radical (unpaired) electrons. The van der Waals surface area contributed by atoms with Gasteiger partial charge in [-0.1, -0.05) is 0 Å². The van der Waals surface area contributed by atoms with Gasteiger partial charge in [-0.15, -0.1) is 11.3 Å². The molecule has 1 amide bonds. The Bertz CT molecular complexity index is 612. The summed E-state index contributed by atoms with van der Waals surface area (Å²) in [6.45, 7) is 4.21. The molecule has 112 valence electrons. The third kappa shape index (κ3) is 3.83. The van der Waals surface area contributed by atoms with Crippen LogP contribution in [0.25, 0.3) is 0 Å². The van der Waals surface area contributed by atoms with Gasteiger partial charge in [-0.05, 0) is 13.8 Å². The van der Waals surface area contributed by atoms with Crippen molar-refractivity contribution in [2.45, 2.75) is 26.5 Å². The van der Waals surface area contributed by atoms with E-state index < -0.39 is 0 Å². The lowest BCUT2D eigenvalue weighted by Crippen LogP contribution is -2.27. The van der Waals surface area contributed by atoms with Crippen LogP contribution in [0.5, 0.6) is 0 Å². The summed E-state index contributed by atoms with van der Waals surface area (Å²) in [6, 6.07) is 0. The molecule has 0 saturated carbocycles. The first-order valence-electron chi connectivity index (χ1n) is 6.52. The summed E-state index contributed by atoms with van der Waals surface area (Å²) in [7, 11) is 3.38. The van der Waals surface area contributed by atoms with Crippen LogP contribution in [0.1, 0.15) is 39.9 Å².